The van der Waals surface area contributed by atoms with Gasteiger partial charge in [-0.15, -0.1) is 11.3 Å². The van der Waals surface area contributed by atoms with Gasteiger partial charge in [0.15, 0.2) is 0 Å². The average molecular weight is 690 g/mol. The second kappa shape index (κ2) is 10.1. The third-order valence-electron chi connectivity index (χ3n) is 11.9. The summed E-state index contributed by atoms with van der Waals surface area (Å²) in [4.78, 5) is 2.61. The van der Waals surface area contributed by atoms with Crippen LogP contribution in [-0.4, -0.2) is 16.0 Å². The normalized spacial score (nSPS) is 13.2. The number of thiophene rings is 1. The minimum Gasteiger partial charge on any atom is -0.376 e. The summed E-state index contributed by atoms with van der Waals surface area (Å²) in [5.74, 6) is 0. The van der Waals surface area contributed by atoms with Crippen LogP contribution >= 0.6 is 11.3 Å². The molecule has 3 nitrogen and oxygen atoms in total. The maximum atomic E-state index is 2.61. The van der Waals surface area contributed by atoms with Gasteiger partial charge in [0.2, 0.25) is 0 Å². The Bertz CT molecular complexity index is 3320. The van der Waals surface area contributed by atoms with Crippen molar-refractivity contribution in [1.82, 2.24) is 9.13 Å². The van der Waals surface area contributed by atoms with Gasteiger partial charge in [0.05, 0.1) is 27.8 Å². The highest BCUT2D eigenvalue weighted by Gasteiger charge is 2.44. The highest BCUT2D eigenvalue weighted by atomic mass is 32.1. The topological polar surface area (TPSA) is 13.1 Å². The smallest absolute Gasteiger partial charge is 0.333 e. The molecule has 0 fully saturated rings. The first-order valence-corrected chi connectivity index (χ1v) is 19.1. The molecule has 0 aliphatic carbocycles. The summed E-state index contributed by atoms with van der Waals surface area (Å²) in [6, 6.07) is 63.3. The fourth-order valence-corrected chi connectivity index (χ4v) is 11.0. The molecule has 0 atom stereocenters. The number of benzene rings is 8. The number of fused-ring (bicyclic) bond motifs is 14. The van der Waals surface area contributed by atoms with Crippen molar-refractivity contribution in [3.05, 3.63) is 170 Å². The van der Waals surface area contributed by atoms with Crippen LogP contribution < -0.4 is 15.7 Å². The number of rotatable bonds is 2. The molecule has 244 valence electrons. The van der Waals surface area contributed by atoms with Gasteiger partial charge in [0.25, 0.3) is 0 Å². The molecule has 0 unspecified atom stereocenters. The molecule has 0 N–H and O–H groups in total. The molecule has 13 rings (SSSR count). The van der Waals surface area contributed by atoms with Crippen LogP contribution in [0.1, 0.15) is 0 Å². The quantitative estimate of drug-likeness (QED) is 0.165. The van der Waals surface area contributed by atoms with Crippen LogP contribution in [0, 0.1) is 0 Å². The molecule has 0 spiro atoms. The Morgan fingerprint density at radius 1 is 0.415 bits per heavy atom. The van der Waals surface area contributed by atoms with Gasteiger partial charge in [-0.05, 0) is 77.2 Å². The monoisotopic (exact) mass is 689 g/mol. The molecular weight excluding hydrogens is 661 g/mol. The van der Waals surface area contributed by atoms with Crippen molar-refractivity contribution in [2.45, 2.75) is 0 Å². The number of para-hydroxylation sites is 5. The van der Waals surface area contributed by atoms with Crippen LogP contribution in [-0.2, 0) is 0 Å². The first-order valence-electron chi connectivity index (χ1n) is 18.3. The molecule has 0 radical (unpaired) electrons. The van der Waals surface area contributed by atoms with Gasteiger partial charge in [0.1, 0.15) is 0 Å². The lowest BCUT2D eigenvalue weighted by atomic mass is 9.44. The van der Waals surface area contributed by atoms with Gasteiger partial charge in [-0.2, -0.15) is 0 Å². The Balaban J connectivity index is 1.29. The zero-order valence-electron chi connectivity index (χ0n) is 28.5. The van der Waals surface area contributed by atoms with Gasteiger partial charge in [-0.3, -0.25) is 0 Å². The van der Waals surface area contributed by atoms with Gasteiger partial charge in [-0.1, -0.05) is 109 Å². The van der Waals surface area contributed by atoms with E-state index in [0.29, 0.717) is 0 Å². The van der Waals surface area contributed by atoms with Crippen molar-refractivity contribution in [2.75, 3.05) is 4.81 Å². The number of anilines is 2. The number of hydrogen-bond acceptors (Lipinski definition) is 2. The van der Waals surface area contributed by atoms with Crippen LogP contribution in [0.15, 0.2) is 170 Å². The minimum absolute atomic E-state index is 0.0292. The van der Waals surface area contributed by atoms with Crippen molar-refractivity contribution >= 4 is 104 Å². The summed E-state index contributed by atoms with van der Waals surface area (Å²) in [7, 11) is 0. The lowest BCUT2D eigenvalue weighted by Crippen LogP contribution is -2.60. The van der Waals surface area contributed by atoms with Crippen LogP contribution in [0.4, 0.5) is 11.4 Å². The molecule has 0 saturated carbocycles. The maximum Gasteiger partial charge on any atom is 0.333 e. The molecule has 5 heterocycles. The van der Waals surface area contributed by atoms with Crippen LogP contribution in [0.5, 0.6) is 0 Å². The van der Waals surface area contributed by atoms with E-state index >= 15 is 0 Å². The van der Waals surface area contributed by atoms with Gasteiger partial charge >= 0.3 is 6.85 Å². The molecule has 2 aliphatic rings. The standard InChI is InChI=1S/C48H28BN3S/c1-2-14-29(15-3-1)52-41-24-12-6-18-32(41)36-27-43(50-38-21-9-4-16-30(38)31-17-5-10-22-39(31)50)46-34-20-7-11-23-40(34)51-42-26-35-33-19-8-13-25-44(33)53-45(35)28-37(42)49(52)47(36)48(46)51/h1-28H. The molecule has 2 aliphatic heterocycles. The number of hydrogen-bond donors (Lipinski definition) is 0. The van der Waals surface area contributed by atoms with Crippen molar-refractivity contribution in [3.8, 4) is 22.5 Å². The Hall–Kier alpha value is -6.56. The summed E-state index contributed by atoms with van der Waals surface area (Å²) in [6.07, 6.45) is 0. The largest absolute Gasteiger partial charge is 0.376 e. The summed E-state index contributed by atoms with van der Waals surface area (Å²) < 4.78 is 7.79. The van der Waals surface area contributed by atoms with E-state index in [2.05, 4.69) is 184 Å². The fourth-order valence-electron chi connectivity index (χ4n) is 9.82. The van der Waals surface area contributed by atoms with Crippen LogP contribution in [0.25, 0.3) is 86.3 Å². The van der Waals surface area contributed by atoms with Gasteiger partial charge in [0, 0.05) is 64.3 Å². The van der Waals surface area contributed by atoms with Gasteiger partial charge in [-0.25, -0.2) is 0 Å². The molecule has 0 saturated heterocycles. The lowest BCUT2D eigenvalue weighted by molar-refractivity contribution is 1.17. The van der Waals surface area contributed by atoms with Crippen molar-refractivity contribution < 1.29 is 0 Å². The summed E-state index contributed by atoms with van der Waals surface area (Å²) >= 11 is 1.90. The highest BCUT2D eigenvalue weighted by molar-refractivity contribution is 7.26. The van der Waals surface area contributed by atoms with E-state index in [-0.39, 0.29) is 6.85 Å². The molecule has 5 heteroatoms. The first kappa shape index (κ1) is 28.1. The Labute approximate surface area is 309 Å². The van der Waals surface area contributed by atoms with Crippen LogP contribution in [0.3, 0.4) is 0 Å². The fraction of sp³-hybridized carbons (Fsp3) is 0. The second-order valence-corrected chi connectivity index (χ2v) is 15.5. The average Bonchev–Trinajstić information content (AvgIpc) is 3.88. The molecule has 0 amide bonds. The lowest BCUT2D eigenvalue weighted by Gasteiger charge is -2.42. The summed E-state index contributed by atoms with van der Waals surface area (Å²) in [5.41, 5.74) is 15.2. The maximum absolute atomic E-state index is 2.61. The van der Waals surface area contributed by atoms with E-state index in [1.54, 1.807) is 0 Å². The SMILES string of the molecule is c1ccc(N2B3c4cc5sc6ccccc6c5cc4-n4c5ccccc5c5c(-n6c7ccccc7c7ccccc76)cc(c3c54)-c3ccccc32)cc1. The Kier molecular flexibility index (Phi) is 5.33. The molecule has 0 bridgehead atoms. The molecular formula is C48H28BN3S. The van der Waals surface area contributed by atoms with Crippen molar-refractivity contribution in [2.24, 2.45) is 0 Å². The predicted octanol–water partition coefficient (Wildman–Crippen LogP) is 11.5. The van der Waals surface area contributed by atoms with Crippen LogP contribution in [0.2, 0.25) is 0 Å². The second-order valence-electron chi connectivity index (χ2n) is 14.4. The van der Waals surface area contributed by atoms with E-state index in [4.69, 9.17) is 0 Å². The van der Waals surface area contributed by atoms with E-state index in [9.17, 15) is 0 Å². The first-order chi connectivity index (χ1) is 26.3. The zero-order valence-corrected chi connectivity index (χ0v) is 29.3. The van der Waals surface area contributed by atoms with E-state index < -0.39 is 0 Å². The number of aromatic nitrogens is 2. The number of nitrogens with zero attached hydrogens (tertiary/aromatic N) is 3. The Morgan fingerprint density at radius 3 is 1.81 bits per heavy atom. The minimum atomic E-state index is -0.0292. The highest BCUT2D eigenvalue weighted by Crippen LogP contribution is 2.48. The molecule has 11 aromatic rings. The molecule has 53 heavy (non-hydrogen) atoms. The zero-order chi connectivity index (χ0) is 34.4. The third kappa shape index (κ3) is 3.50. The van der Waals surface area contributed by atoms with E-state index in [1.165, 1.54) is 109 Å². The van der Waals surface area contributed by atoms with Gasteiger partial charge < -0.3 is 13.9 Å². The molecule has 3 aromatic heterocycles. The van der Waals surface area contributed by atoms with Crippen molar-refractivity contribution in [1.29, 1.82) is 0 Å². The van der Waals surface area contributed by atoms with E-state index in [1.807, 2.05) is 11.3 Å². The predicted molar refractivity (Wildman–Crippen MR) is 227 cm³/mol. The van der Waals surface area contributed by atoms with Crippen molar-refractivity contribution in [3.63, 3.8) is 0 Å². The molecule has 8 aromatic carbocycles. The summed E-state index contributed by atoms with van der Waals surface area (Å²) in [5, 5.41) is 7.76. The Morgan fingerprint density at radius 2 is 1.04 bits per heavy atom. The third-order valence-corrected chi connectivity index (χ3v) is 13.0. The summed E-state index contributed by atoms with van der Waals surface area (Å²) in [6.45, 7) is -0.0292. The van der Waals surface area contributed by atoms with E-state index in [0.717, 1.165) is 0 Å².